The Hall–Kier alpha value is -0.140. The zero-order valence-corrected chi connectivity index (χ0v) is 9.65. The Bertz CT molecular complexity index is 241. The highest BCUT2D eigenvalue weighted by Crippen LogP contribution is 2.28. The standard InChI is InChI=1S/C9H16F3NO2S/c10-9(11,12)8(3-4-13)16(14)6-7-2-1-5-15-7/h7-8H,1-6,13H2. The summed E-state index contributed by atoms with van der Waals surface area (Å²) < 4.78 is 54.4. The number of alkyl halides is 3. The van der Waals surface area contributed by atoms with Crippen molar-refractivity contribution in [3.63, 3.8) is 0 Å². The zero-order valence-electron chi connectivity index (χ0n) is 8.83. The summed E-state index contributed by atoms with van der Waals surface area (Å²) in [4.78, 5) is 0. The third kappa shape index (κ3) is 4.03. The number of halogens is 3. The molecule has 16 heavy (non-hydrogen) atoms. The van der Waals surface area contributed by atoms with Crippen LogP contribution in [0.4, 0.5) is 13.2 Å². The van der Waals surface area contributed by atoms with Crippen LogP contribution in [0.1, 0.15) is 19.3 Å². The van der Waals surface area contributed by atoms with Gasteiger partial charge in [-0.1, -0.05) is 0 Å². The first-order valence-electron chi connectivity index (χ1n) is 5.20. The molecule has 0 aromatic rings. The van der Waals surface area contributed by atoms with E-state index in [0.717, 1.165) is 6.42 Å². The first-order valence-corrected chi connectivity index (χ1v) is 6.59. The van der Waals surface area contributed by atoms with Gasteiger partial charge in [0.05, 0.1) is 11.9 Å². The van der Waals surface area contributed by atoms with E-state index in [1.54, 1.807) is 0 Å². The molecular weight excluding hydrogens is 243 g/mol. The normalized spacial score (nSPS) is 25.6. The summed E-state index contributed by atoms with van der Waals surface area (Å²) in [6.45, 7) is 0.441. The van der Waals surface area contributed by atoms with E-state index in [4.69, 9.17) is 10.5 Å². The van der Waals surface area contributed by atoms with Gasteiger partial charge in [0, 0.05) is 17.4 Å². The highest BCUT2D eigenvalue weighted by atomic mass is 32.2. The number of nitrogens with two attached hydrogens (primary N) is 1. The Morgan fingerprint density at radius 2 is 2.19 bits per heavy atom. The van der Waals surface area contributed by atoms with Crippen molar-refractivity contribution in [2.75, 3.05) is 18.9 Å². The maximum atomic E-state index is 12.5. The minimum absolute atomic E-state index is 0.0375. The average Bonchev–Trinajstić information content (AvgIpc) is 2.64. The van der Waals surface area contributed by atoms with E-state index >= 15 is 0 Å². The Balaban J connectivity index is 2.52. The molecule has 1 aliphatic rings. The molecule has 0 aromatic heterocycles. The minimum atomic E-state index is -4.44. The van der Waals surface area contributed by atoms with Gasteiger partial charge in [0.1, 0.15) is 5.25 Å². The fraction of sp³-hybridized carbons (Fsp3) is 1.00. The molecule has 1 fully saturated rings. The van der Waals surface area contributed by atoms with Gasteiger partial charge in [-0.15, -0.1) is 0 Å². The molecule has 1 rings (SSSR count). The molecular formula is C9H16F3NO2S. The molecule has 3 atom stereocenters. The molecule has 0 spiro atoms. The summed E-state index contributed by atoms with van der Waals surface area (Å²) in [5, 5.41) is -1.82. The predicted octanol–water partition coefficient (Wildman–Crippen LogP) is 1.19. The van der Waals surface area contributed by atoms with Crippen LogP contribution in [0.2, 0.25) is 0 Å². The van der Waals surface area contributed by atoms with E-state index in [1.807, 2.05) is 0 Å². The number of hydrogen-bond donors (Lipinski definition) is 1. The van der Waals surface area contributed by atoms with Crippen molar-refractivity contribution in [3.8, 4) is 0 Å². The molecule has 0 amide bonds. The van der Waals surface area contributed by atoms with Gasteiger partial charge in [0.15, 0.2) is 0 Å². The van der Waals surface area contributed by atoms with E-state index in [1.165, 1.54) is 0 Å². The van der Waals surface area contributed by atoms with Crippen molar-refractivity contribution < 1.29 is 22.1 Å². The van der Waals surface area contributed by atoms with Gasteiger partial charge in [-0.3, -0.25) is 4.21 Å². The van der Waals surface area contributed by atoms with Gasteiger partial charge in [0.2, 0.25) is 0 Å². The van der Waals surface area contributed by atoms with Crippen LogP contribution in [0.25, 0.3) is 0 Å². The SMILES string of the molecule is NCCC(S(=O)CC1CCCO1)C(F)(F)F. The number of hydrogen-bond acceptors (Lipinski definition) is 3. The summed E-state index contributed by atoms with van der Waals surface area (Å²) in [7, 11) is -1.95. The van der Waals surface area contributed by atoms with E-state index in [2.05, 4.69) is 0 Å². The Labute approximate surface area is 95.0 Å². The highest BCUT2D eigenvalue weighted by molar-refractivity contribution is 7.85. The fourth-order valence-electron chi connectivity index (χ4n) is 1.67. The van der Waals surface area contributed by atoms with Gasteiger partial charge >= 0.3 is 6.18 Å². The van der Waals surface area contributed by atoms with Crippen molar-refractivity contribution >= 4 is 10.8 Å². The quantitative estimate of drug-likeness (QED) is 0.807. The maximum absolute atomic E-state index is 12.5. The molecule has 0 saturated carbocycles. The van der Waals surface area contributed by atoms with Crippen LogP contribution in [-0.4, -0.2) is 40.6 Å². The van der Waals surface area contributed by atoms with E-state index in [0.29, 0.717) is 13.0 Å². The highest BCUT2D eigenvalue weighted by Gasteiger charge is 2.43. The Morgan fingerprint density at radius 3 is 2.62 bits per heavy atom. The molecule has 3 nitrogen and oxygen atoms in total. The van der Waals surface area contributed by atoms with Crippen LogP contribution in [0.15, 0.2) is 0 Å². The topological polar surface area (TPSA) is 52.3 Å². The molecule has 0 bridgehead atoms. The second-order valence-electron chi connectivity index (χ2n) is 3.79. The van der Waals surface area contributed by atoms with Crippen LogP contribution < -0.4 is 5.73 Å². The first-order chi connectivity index (χ1) is 7.45. The van der Waals surface area contributed by atoms with Gasteiger partial charge in [0.25, 0.3) is 0 Å². The van der Waals surface area contributed by atoms with E-state index in [-0.39, 0.29) is 24.8 Å². The van der Waals surface area contributed by atoms with Crippen molar-refractivity contribution in [2.45, 2.75) is 36.8 Å². The summed E-state index contributed by atoms with van der Waals surface area (Å²) in [5.74, 6) is -0.0375. The summed E-state index contributed by atoms with van der Waals surface area (Å²) >= 11 is 0. The molecule has 3 unspecified atom stereocenters. The molecule has 7 heteroatoms. The second-order valence-corrected chi connectivity index (χ2v) is 5.45. The molecule has 2 N–H and O–H groups in total. The van der Waals surface area contributed by atoms with Crippen LogP contribution in [0.5, 0.6) is 0 Å². The van der Waals surface area contributed by atoms with Gasteiger partial charge in [-0.2, -0.15) is 13.2 Å². The van der Waals surface area contributed by atoms with Crippen LogP contribution in [0.3, 0.4) is 0 Å². The summed E-state index contributed by atoms with van der Waals surface area (Å²) in [6, 6.07) is 0. The molecule has 96 valence electrons. The van der Waals surface area contributed by atoms with Crippen molar-refractivity contribution in [1.29, 1.82) is 0 Å². The first kappa shape index (κ1) is 13.9. The van der Waals surface area contributed by atoms with Crippen molar-refractivity contribution in [1.82, 2.24) is 0 Å². The molecule has 0 radical (unpaired) electrons. The van der Waals surface area contributed by atoms with Crippen molar-refractivity contribution in [2.24, 2.45) is 5.73 Å². The Morgan fingerprint density at radius 1 is 1.50 bits per heavy atom. The minimum Gasteiger partial charge on any atom is -0.377 e. The van der Waals surface area contributed by atoms with Gasteiger partial charge in [-0.05, 0) is 25.8 Å². The lowest BCUT2D eigenvalue weighted by Crippen LogP contribution is -2.38. The lowest BCUT2D eigenvalue weighted by molar-refractivity contribution is -0.130. The summed E-state index contributed by atoms with van der Waals surface area (Å²) in [5.41, 5.74) is 5.11. The van der Waals surface area contributed by atoms with Crippen LogP contribution in [-0.2, 0) is 15.5 Å². The van der Waals surface area contributed by atoms with E-state index < -0.39 is 22.2 Å². The lowest BCUT2D eigenvalue weighted by Gasteiger charge is -2.20. The molecule has 1 saturated heterocycles. The number of rotatable bonds is 5. The van der Waals surface area contributed by atoms with Crippen molar-refractivity contribution in [3.05, 3.63) is 0 Å². The van der Waals surface area contributed by atoms with Crippen LogP contribution >= 0.6 is 0 Å². The third-order valence-corrected chi connectivity index (χ3v) is 4.32. The summed E-state index contributed by atoms with van der Waals surface area (Å²) in [6.07, 6.45) is -3.50. The maximum Gasteiger partial charge on any atom is 0.403 e. The predicted molar refractivity (Wildman–Crippen MR) is 55.5 cm³/mol. The van der Waals surface area contributed by atoms with E-state index in [9.17, 15) is 17.4 Å². The van der Waals surface area contributed by atoms with Crippen LogP contribution in [0, 0.1) is 0 Å². The number of ether oxygens (including phenoxy) is 1. The zero-order chi connectivity index (χ0) is 12.2. The third-order valence-electron chi connectivity index (χ3n) is 2.49. The smallest absolute Gasteiger partial charge is 0.377 e. The molecule has 1 heterocycles. The Kier molecular flexibility index (Phi) is 5.20. The molecule has 0 aliphatic carbocycles. The lowest BCUT2D eigenvalue weighted by atomic mass is 10.3. The largest absolute Gasteiger partial charge is 0.403 e. The van der Waals surface area contributed by atoms with Gasteiger partial charge < -0.3 is 10.5 Å². The molecule has 0 aromatic carbocycles. The monoisotopic (exact) mass is 259 g/mol. The second kappa shape index (κ2) is 5.97. The molecule has 1 aliphatic heterocycles. The van der Waals surface area contributed by atoms with Gasteiger partial charge in [-0.25, -0.2) is 0 Å². The average molecular weight is 259 g/mol. The fourth-order valence-corrected chi connectivity index (χ4v) is 3.23.